The highest BCUT2D eigenvalue weighted by molar-refractivity contribution is 5.90. The van der Waals surface area contributed by atoms with Gasteiger partial charge in [0.2, 0.25) is 0 Å². The van der Waals surface area contributed by atoms with Crippen LogP contribution in [0.4, 0.5) is 0 Å². The summed E-state index contributed by atoms with van der Waals surface area (Å²) in [6, 6.07) is 0. The minimum absolute atomic E-state index is 0.433. The van der Waals surface area contributed by atoms with Crippen molar-refractivity contribution in [3.63, 3.8) is 0 Å². The zero-order valence-corrected chi connectivity index (χ0v) is 11.8. The zero-order valence-electron chi connectivity index (χ0n) is 11.8. The average molecular weight is 240 g/mol. The van der Waals surface area contributed by atoms with Crippen molar-refractivity contribution >= 4 is 5.71 Å². The van der Waals surface area contributed by atoms with Crippen molar-refractivity contribution in [3.05, 3.63) is 11.6 Å². The summed E-state index contributed by atoms with van der Waals surface area (Å²) in [5.74, 6) is 0. The van der Waals surface area contributed by atoms with Gasteiger partial charge < -0.3 is 15.4 Å². The summed E-state index contributed by atoms with van der Waals surface area (Å²) in [5, 5.41) is 17.6. The van der Waals surface area contributed by atoms with Crippen LogP contribution in [0.25, 0.3) is 0 Å². The van der Waals surface area contributed by atoms with Gasteiger partial charge >= 0.3 is 0 Å². The van der Waals surface area contributed by atoms with Gasteiger partial charge in [0, 0.05) is 12.3 Å². The third-order valence-corrected chi connectivity index (χ3v) is 2.75. The van der Waals surface area contributed by atoms with E-state index in [2.05, 4.69) is 18.7 Å². The molecule has 0 aromatic rings. The van der Waals surface area contributed by atoms with Crippen molar-refractivity contribution in [3.8, 4) is 0 Å². The van der Waals surface area contributed by atoms with E-state index in [1.54, 1.807) is 6.92 Å². The number of nitrogens with one attached hydrogen (secondary N) is 1. The average Bonchev–Trinajstić information content (AvgIpc) is 2.25. The van der Waals surface area contributed by atoms with Crippen molar-refractivity contribution in [2.75, 3.05) is 20.1 Å². The first-order chi connectivity index (χ1) is 8.01. The monoisotopic (exact) mass is 240 g/mol. The number of aliphatic hydroxyl groups is 1. The van der Waals surface area contributed by atoms with Gasteiger partial charge in [-0.1, -0.05) is 26.7 Å². The normalized spacial score (nSPS) is 14.1. The van der Waals surface area contributed by atoms with Crippen LogP contribution in [0, 0.1) is 5.41 Å². The summed E-state index contributed by atoms with van der Waals surface area (Å²) >= 11 is 0. The van der Waals surface area contributed by atoms with Crippen LogP contribution in [0.15, 0.2) is 11.6 Å². The van der Waals surface area contributed by atoms with E-state index in [1.807, 2.05) is 13.1 Å². The third kappa shape index (κ3) is 8.11. The topological polar surface area (TPSA) is 47.3 Å². The van der Waals surface area contributed by atoms with Gasteiger partial charge in [-0.3, -0.25) is 0 Å². The molecular weight excluding hydrogens is 212 g/mol. The van der Waals surface area contributed by atoms with Crippen molar-refractivity contribution in [2.24, 2.45) is 0 Å². The van der Waals surface area contributed by atoms with Crippen molar-refractivity contribution in [1.82, 2.24) is 4.90 Å². The van der Waals surface area contributed by atoms with E-state index in [-0.39, 0.29) is 0 Å². The number of unbranched alkanes of at least 4 members (excludes halogenated alkanes) is 1. The molecule has 0 rings (SSSR count). The highest BCUT2D eigenvalue weighted by atomic mass is 16.3. The minimum Gasteiger partial charge on any atom is -0.387 e. The van der Waals surface area contributed by atoms with E-state index in [4.69, 9.17) is 5.41 Å². The molecule has 3 heteroatoms. The summed E-state index contributed by atoms with van der Waals surface area (Å²) in [6.07, 6.45) is 5.60. The van der Waals surface area contributed by atoms with Crippen LogP contribution < -0.4 is 0 Å². The van der Waals surface area contributed by atoms with Gasteiger partial charge in [-0.2, -0.15) is 0 Å². The van der Waals surface area contributed by atoms with Crippen LogP contribution in [-0.4, -0.2) is 42.0 Å². The van der Waals surface area contributed by atoms with E-state index in [0.717, 1.165) is 25.0 Å². The summed E-state index contributed by atoms with van der Waals surface area (Å²) in [7, 11) is 2.04. The predicted molar refractivity (Wildman–Crippen MR) is 74.8 cm³/mol. The van der Waals surface area contributed by atoms with Crippen LogP contribution in [0.5, 0.6) is 0 Å². The Hall–Kier alpha value is -0.670. The molecule has 0 saturated carbocycles. The van der Waals surface area contributed by atoms with Crippen LogP contribution in [0.3, 0.4) is 0 Å². The second kappa shape index (κ2) is 9.37. The maximum Gasteiger partial charge on any atom is 0.0880 e. The van der Waals surface area contributed by atoms with Gasteiger partial charge in [0.15, 0.2) is 0 Å². The molecule has 0 saturated heterocycles. The number of allylic oxidation sites excluding steroid dienone is 1. The first-order valence-electron chi connectivity index (χ1n) is 6.63. The van der Waals surface area contributed by atoms with Crippen LogP contribution in [-0.2, 0) is 0 Å². The summed E-state index contributed by atoms with van der Waals surface area (Å²) in [6.45, 7) is 7.71. The standard InChI is InChI=1S/C14H28N2O/c1-5-7-9-16(4)11-14(17)13(8-6-2)10-12(3)15/h10,14-15,17H,5-9,11H2,1-4H3/b13-10+,15-12?. The molecular formula is C14H28N2O. The van der Waals surface area contributed by atoms with Gasteiger partial charge in [0.1, 0.15) is 0 Å². The first-order valence-corrected chi connectivity index (χ1v) is 6.63. The van der Waals surface area contributed by atoms with Gasteiger partial charge in [-0.05, 0) is 45.0 Å². The lowest BCUT2D eigenvalue weighted by atomic mass is 10.0. The molecule has 0 aliphatic carbocycles. The Balaban J connectivity index is 4.31. The van der Waals surface area contributed by atoms with Crippen LogP contribution in [0.1, 0.15) is 46.5 Å². The largest absolute Gasteiger partial charge is 0.387 e. The van der Waals surface area contributed by atoms with Crippen molar-refractivity contribution in [1.29, 1.82) is 5.41 Å². The molecule has 0 radical (unpaired) electrons. The summed E-state index contributed by atoms with van der Waals surface area (Å²) < 4.78 is 0. The van der Waals surface area contributed by atoms with Gasteiger partial charge in [-0.15, -0.1) is 0 Å². The lowest BCUT2D eigenvalue weighted by Gasteiger charge is -2.22. The Morgan fingerprint density at radius 2 is 2.00 bits per heavy atom. The number of hydrogen-bond acceptors (Lipinski definition) is 3. The lowest BCUT2D eigenvalue weighted by Crippen LogP contribution is -2.31. The molecule has 0 aromatic heterocycles. The Morgan fingerprint density at radius 3 is 2.47 bits per heavy atom. The van der Waals surface area contributed by atoms with Crippen molar-refractivity contribution in [2.45, 2.75) is 52.6 Å². The number of nitrogens with zero attached hydrogens (tertiary/aromatic N) is 1. The number of aliphatic hydroxyl groups excluding tert-OH is 1. The molecule has 1 atom stereocenters. The number of rotatable bonds is 9. The molecule has 0 aliphatic heterocycles. The molecule has 0 bridgehead atoms. The highest BCUT2D eigenvalue weighted by Crippen LogP contribution is 2.12. The molecule has 3 nitrogen and oxygen atoms in total. The van der Waals surface area contributed by atoms with E-state index < -0.39 is 6.10 Å². The molecule has 0 heterocycles. The molecule has 17 heavy (non-hydrogen) atoms. The third-order valence-electron chi connectivity index (χ3n) is 2.75. The predicted octanol–water partition coefficient (Wildman–Crippen LogP) is 2.85. The quantitative estimate of drug-likeness (QED) is 0.609. The van der Waals surface area contributed by atoms with Gasteiger partial charge in [0.05, 0.1) is 6.10 Å². The maximum atomic E-state index is 10.2. The van der Waals surface area contributed by atoms with Crippen LogP contribution in [0.2, 0.25) is 0 Å². The second-order valence-corrected chi connectivity index (χ2v) is 4.78. The zero-order chi connectivity index (χ0) is 13.3. The molecule has 1 unspecified atom stereocenters. The smallest absolute Gasteiger partial charge is 0.0880 e. The Labute approximate surface area is 106 Å². The van der Waals surface area contributed by atoms with Crippen molar-refractivity contribution < 1.29 is 5.11 Å². The molecule has 0 aliphatic rings. The molecule has 0 aromatic carbocycles. The van der Waals surface area contributed by atoms with Crippen LogP contribution >= 0.6 is 0 Å². The molecule has 0 spiro atoms. The minimum atomic E-state index is -0.433. The SMILES string of the molecule is CCCCN(C)CC(O)/C(=C/C(C)=N)CCC. The molecule has 0 amide bonds. The fourth-order valence-electron chi connectivity index (χ4n) is 1.83. The Morgan fingerprint density at radius 1 is 1.35 bits per heavy atom. The number of likely N-dealkylation sites (N-methyl/N-ethyl adjacent to an activating group) is 1. The van der Waals surface area contributed by atoms with Gasteiger partial charge in [0.25, 0.3) is 0 Å². The number of hydrogen-bond donors (Lipinski definition) is 2. The highest BCUT2D eigenvalue weighted by Gasteiger charge is 2.12. The van der Waals surface area contributed by atoms with Gasteiger partial charge in [-0.25, -0.2) is 0 Å². The van der Waals surface area contributed by atoms with E-state index in [1.165, 1.54) is 12.8 Å². The lowest BCUT2D eigenvalue weighted by molar-refractivity contribution is 0.150. The van der Waals surface area contributed by atoms with E-state index in [0.29, 0.717) is 12.3 Å². The summed E-state index contributed by atoms with van der Waals surface area (Å²) in [5.41, 5.74) is 1.51. The van der Waals surface area contributed by atoms with E-state index >= 15 is 0 Å². The molecule has 2 N–H and O–H groups in total. The fraction of sp³-hybridized carbons (Fsp3) is 0.786. The second-order valence-electron chi connectivity index (χ2n) is 4.78. The summed E-state index contributed by atoms with van der Waals surface area (Å²) in [4.78, 5) is 2.16. The maximum absolute atomic E-state index is 10.2. The Bertz CT molecular complexity index is 249. The fourth-order valence-corrected chi connectivity index (χ4v) is 1.83. The van der Waals surface area contributed by atoms with E-state index in [9.17, 15) is 5.11 Å². The first kappa shape index (κ1) is 16.3. The molecule has 0 fully saturated rings. The molecule has 100 valence electrons. The Kier molecular flexibility index (Phi) is 9.00.